The smallest absolute Gasteiger partial charge is 0.243 e. The highest BCUT2D eigenvalue weighted by atomic mass is 19.1. The Morgan fingerprint density at radius 3 is 1.87 bits per heavy atom. The number of imidazole rings is 1. The van der Waals surface area contributed by atoms with Crippen molar-refractivity contribution < 1.29 is 42.7 Å². The number of carbonyl (C=O) groups is 8. The van der Waals surface area contributed by atoms with Crippen LogP contribution in [0.4, 0.5) is 4.39 Å². The van der Waals surface area contributed by atoms with Crippen LogP contribution in [0.5, 0.6) is 0 Å². The Balaban J connectivity index is 2.12. The summed E-state index contributed by atoms with van der Waals surface area (Å²) in [6.07, 6.45) is 4.33. The average Bonchev–Trinajstić information content (AvgIpc) is 3.70. The third-order valence-corrected chi connectivity index (χ3v) is 8.99. The highest BCUT2D eigenvalue weighted by Crippen LogP contribution is 2.10. The molecule has 1 aromatic heterocycles. The molecule has 2 aromatic rings. The lowest BCUT2D eigenvalue weighted by Crippen LogP contribution is -2.58. The molecule has 336 valence electrons. The summed E-state index contributed by atoms with van der Waals surface area (Å²) in [4.78, 5) is 114. The molecule has 0 fully saturated rings. The predicted molar refractivity (Wildman–Crippen MR) is 223 cm³/mol. The van der Waals surface area contributed by atoms with Gasteiger partial charge in [0, 0.05) is 38.2 Å². The molecule has 0 aliphatic carbocycles. The van der Waals surface area contributed by atoms with Gasteiger partial charge in [-0.1, -0.05) is 39.8 Å². The van der Waals surface area contributed by atoms with E-state index in [0.717, 1.165) is 0 Å². The third kappa shape index (κ3) is 19.9. The minimum Gasteiger partial charge on any atom is -0.370 e. The van der Waals surface area contributed by atoms with Crippen LogP contribution in [0.1, 0.15) is 78.5 Å². The second-order valence-corrected chi connectivity index (χ2v) is 15.5. The van der Waals surface area contributed by atoms with Gasteiger partial charge in [0.05, 0.1) is 18.9 Å². The van der Waals surface area contributed by atoms with E-state index in [1.807, 2.05) is 27.7 Å². The maximum atomic E-state index is 13.8. The molecule has 1 heterocycles. The molecular weight excluding hydrogens is 796 g/mol. The Morgan fingerprint density at radius 1 is 0.754 bits per heavy atom. The Bertz CT molecular complexity index is 1800. The van der Waals surface area contributed by atoms with Crippen molar-refractivity contribution in [1.82, 2.24) is 47.2 Å². The predicted octanol–water partition coefficient (Wildman–Crippen LogP) is -1.26. The molecule has 2 rings (SSSR count). The molecular formula is C40H61FN12O8. The number of benzene rings is 1. The number of H-pyrrole nitrogens is 1. The van der Waals surface area contributed by atoms with Crippen LogP contribution in [0.25, 0.3) is 0 Å². The quantitative estimate of drug-likeness (QED) is 0.0231. The number of hydrogen-bond acceptors (Lipinski definition) is 10. The topological polar surface area (TPSA) is 314 Å². The van der Waals surface area contributed by atoms with Crippen molar-refractivity contribution >= 4 is 53.6 Å². The number of hydrogen-bond donors (Lipinski definition) is 10. The zero-order chi connectivity index (χ0) is 45.6. The number of nitrogens with one attached hydrogen (secondary N) is 8. The van der Waals surface area contributed by atoms with Crippen molar-refractivity contribution in [1.29, 1.82) is 0 Å². The summed E-state index contributed by atoms with van der Waals surface area (Å²) in [6, 6.07) is -1.20. The summed E-state index contributed by atoms with van der Waals surface area (Å²) in [5, 5.41) is 18.1. The van der Waals surface area contributed by atoms with E-state index in [4.69, 9.17) is 11.5 Å². The molecule has 20 nitrogen and oxygen atoms in total. The number of rotatable bonds is 26. The molecule has 0 unspecified atom stereocenters. The van der Waals surface area contributed by atoms with Gasteiger partial charge < -0.3 is 58.5 Å². The Kier molecular flexibility index (Phi) is 21.6. The van der Waals surface area contributed by atoms with Gasteiger partial charge in [0.2, 0.25) is 41.4 Å². The summed E-state index contributed by atoms with van der Waals surface area (Å²) in [7, 11) is 0. The number of nitrogens with two attached hydrogens (primary N) is 2. The van der Waals surface area contributed by atoms with Crippen LogP contribution in [-0.4, -0.2) is 113 Å². The standard InChI is InChI=1S/C40H61FN12O8/c1-22(2)14-30(52-39(61)33(17-29-18-44-21-47-29)53-38(60)32(49-25(6)55)16-26-9-11-27(41)12-10-26)36(58)46-19-34(56)51-31(15-23(3)4)37(59)48-24(5)35(57)50-28(20-54)8-7-13-45-40(42)43/h9-12,18,20-24,28,30-33H,7-8,13-17,19H2,1-6H3,(H,44,47)(H,46,58)(H,48,59)(H,49,55)(H,50,57)(H,51,56)(H,52,61)(H,53,60)(H4,42,43,45)/t24-,28-,30-,31-,32-,33-/m0/s1. The zero-order valence-electron chi connectivity index (χ0n) is 35.5. The summed E-state index contributed by atoms with van der Waals surface area (Å²) in [5.74, 6) is -5.46. The molecule has 0 bridgehead atoms. The zero-order valence-corrected chi connectivity index (χ0v) is 35.5. The van der Waals surface area contributed by atoms with Gasteiger partial charge in [-0.2, -0.15) is 0 Å². The molecule has 0 spiro atoms. The molecule has 0 radical (unpaired) electrons. The van der Waals surface area contributed by atoms with Gasteiger partial charge in [-0.3, -0.25) is 38.6 Å². The molecule has 12 N–H and O–H groups in total. The molecule has 0 saturated heterocycles. The van der Waals surface area contributed by atoms with Gasteiger partial charge in [0.25, 0.3) is 0 Å². The van der Waals surface area contributed by atoms with Gasteiger partial charge in [-0.25, -0.2) is 9.37 Å². The maximum Gasteiger partial charge on any atom is 0.243 e. The lowest BCUT2D eigenvalue weighted by Gasteiger charge is -2.26. The van der Waals surface area contributed by atoms with E-state index < -0.39 is 90.0 Å². The van der Waals surface area contributed by atoms with Crippen LogP contribution in [0, 0.1) is 17.7 Å². The molecule has 0 aliphatic rings. The van der Waals surface area contributed by atoms with Crippen molar-refractivity contribution in [2.75, 3.05) is 13.1 Å². The number of guanidine groups is 1. The summed E-state index contributed by atoms with van der Waals surface area (Å²) < 4.78 is 13.5. The molecule has 0 saturated carbocycles. The Hall–Kier alpha value is -6.41. The fourth-order valence-corrected chi connectivity index (χ4v) is 6.00. The van der Waals surface area contributed by atoms with Crippen LogP contribution in [0.2, 0.25) is 0 Å². The number of aromatic amines is 1. The van der Waals surface area contributed by atoms with E-state index in [2.05, 4.69) is 52.2 Å². The van der Waals surface area contributed by atoms with Crippen molar-refractivity contribution in [3.05, 3.63) is 53.9 Å². The number of aliphatic imine (C=N–C) groups is 1. The minimum atomic E-state index is -1.26. The second kappa shape index (κ2) is 25.9. The highest BCUT2D eigenvalue weighted by molar-refractivity contribution is 5.96. The van der Waals surface area contributed by atoms with E-state index in [9.17, 15) is 42.7 Å². The molecule has 0 aliphatic heterocycles. The monoisotopic (exact) mass is 856 g/mol. The van der Waals surface area contributed by atoms with Crippen LogP contribution in [0.15, 0.2) is 41.8 Å². The SMILES string of the molecule is CC(=O)N[C@@H](Cc1ccc(F)cc1)C(=O)N[C@@H](Cc1cnc[nH]1)C(=O)N[C@@H](CC(C)C)C(=O)NCC(=O)N[C@@H](CC(C)C)C(=O)N[C@@H](C)C(=O)N[C@H](C=O)CCCN=C(N)N. The van der Waals surface area contributed by atoms with Gasteiger partial charge in [0.15, 0.2) is 5.96 Å². The number of amides is 7. The fourth-order valence-electron chi connectivity index (χ4n) is 6.00. The van der Waals surface area contributed by atoms with Crippen LogP contribution in [-0.2, 0) is 51.2 Å². The van der Waals surface area contributed by atoms with Crippen molar-refractivity contribution in [2.45, 2.75) is 116 Å². The van der Waals surface area contributed by atoms with Crippen molar-refractivity contribution in [2.24, 2.45) is 28.3 Å². The summed E-state index contributed by atoms with van der Waals surface area (Å²) in [5.41, 5.74) is 11.6. The number of carbonyl (C=O) groups excluding carboxylic acids is 8. The number of halogens is 1. The summed E-state index contributed by atoms with van der Waals surface area (Å²) >= 11 is 0. The van der Waals surface area contributed by atoms with E-state index in [0.29, 0.717) is 24.0 Å². The van der Waals surface area contributed by atoms with Gasteiger partial charge >= 0.3 is 0 Å². The van der Waals surface area contributed by atoms with Gasteiger partial charge in [-0.05, 0) is 62.1 Å². The molecule has 7 amide bonds. The first-order chi connectivity index (χ1) is 28.8. The van der Waals surface area contributed by atoms with Crippen LogP contribution >= 0.6 is 0 Å². The molecule has 61 heavy (non-hydrogen) atoms. The van der Waals surface area contributed by atoms with Gasteiger partial charge in [0.1, 0.15) is 42.3 Å². The second-order valence-electron chi connectivity index (χ2n) is 15.5. The first-order valence-electron chi connectivity index (χ1n) is 20.1. The normalized spacial score (nSPS) is 13.9. The minimum absolute atomic E-state index is 0.00987. The average molecular weight is 857 g/mol. The highest BCUT2D eigenvalue weighted by Gasteiger charge is 2.31. The first kappa shape index (κ1) is 50.7. The fraction of sp³-hybridized carbons (Fsp3) is 0.550. The largest absolute Gasteiger partial charge is 0.370 e. The van der Waals surface area contributed by atoms with E-state index in [-0.39, 0.29) is 56.4 Å². The number of aromatic nitrogens is 2. The first-order valence-corrected chi connectivity index (χ1v) is 20.1. The Morgan fingerprint density at radius 2 is 1.33 bits per heavy atom. The molecule has 6 atom stereocenters. The Labute approximate surface area is 354 Å². The van der Waals surface area contributed by atoms with Crippen LogP contribution < -0.4 is 48.7 Å². The van der Waals surface area contributed by atoms with Crippen molar-refractivity contribution in [3.8, 4) is 0 Å². The molecule has 1 aromatic carbocycles. The number of aldehydes is 1. The lowest BCUT2D eigenvalue weighted by molar-refractivity contribution is -0.134. The van der Waals surface area contributed by atoms with Gasteiger partial charge in [-0.15, -0.1) is 0 Å². The number of nitrogens with zero attached hydrogens (tertiary/aromatic N) is 2. The summed E-state index contributed by atoms with van der Waals surface area (Å²) in [6.45, 7) is 9.64. The molecule has 21 heteroatoms. The third-order valence-electron chi connectivity index (χ3n) is 8.99. The van der Waals surface area contributed by atoms with E-state index in [1.54, 1.807) is 0 Å². The van der Waals surface area contributed by atoms with Crippen LogP contribution in [0.3, 0.4) is 0 Å². The van der Waals surface area contributed by atoms with E-state index in [1.165, 1.54) is 50.6 Å². The van der Waals surface area contributed by atoms with E-state index >= 15 is 0 Å². The maximum absolute atomic E-state index is 13.8. The lowest BCUT2D eigenvalue weighted by atomic mass is 10.0. The van der Waals surface area contributed by atoms with Crippen molar-refractivity contribution in [3.63, 3.8) is 0 Å².